The lowest BCUT2D eigenvalue weighted by Crippen LogP contribution is -2.26. The minimum atomic E-state index is 0.337. The molecular weight excluding hydrogens is 274 g/mol. The number of hydrogen-bond acceptors (Lipinski definition) is 2. The van der Waals surface area contributed by atoms with Gasteiger partial charge in [-0.2, -0.15) is 0 Å². The van der Waals surface area contributed by atoms with E-state index >= 15 is 0 Å². The first kappa shape index (κ1) is 16.8. The van der Waals surface area contributed by atoms with Gasteiger partial charge in [0.2, 0.25) is 0 Å². The van der Waals surface area contributed by atoms with E-state index in [1.807, 2.05) is 12.1 Å². The number of anilines is 1. The molecule has 1 atom stereocenters. The average Bonchev–Trinajstić information content (AvgIpc) is 3.03. The zero-order valence-electron chi connectivity index (χ0n) is 13.8. The molecule has 3 N–H and O–H groups in total. The van der Waals surface area contributed by atoms with Crippen LogP contribution in [0.3, 0.4) is 0 Å². The maximum absolute atomic E-state index is 5.96. The third-order valence-electron chi connectivity index (χ3n) is 4.33. The Hall–Kier alpha value is -1.55. The van der Waals surface area contributed by atoms with Crippen LogP contribution in [0.2, 0.25) is 0 Å². The molecule has 0 bridgehead atoms. The number of ether oxygens (including phenoxy) is 1. The molecule has 0 aromatic heterocycles. The van der Waals surface area contributed by atoms with Crippen molar-refractivity contribution in [2.75, 3.05) is 18.5 Å². The molecule has 0 amide bonds. The summed E-state index contributed by atoms with van der Waals surface area (Å²) < 4.78 is 5.91. The van der Waals surface area contributed by atoms with Crippen LogP contribution >= 0.6 is 0 Å². The van der Waals surface area contributed by atoms with Crippen LogP contribution in [-0.4, -0.2) is 25.2 Å². The van der Waals surface area contributed by atoms with Crippen molar-refractivity contribution >= 4 is 11.6 Å². The average molecular weight is 303 g/mol. The maximum Gasteiger partial charge on any atom is 0.193 e. The van der Waals surface area contributed by atoms with E-state index in [9.17, 15) is 0 Å². The highest BCUT2D eigenvalue weighted by Crippen LogP contribution is 2.30. The quantitative estimate of drug-likeness (QED) is 0.596. The Morgan fingerprint density at radius 1 is 1.32 bits per heavy atom. The molecule has 0 radical (unpaired) electrons. The second kappa shape index (κ2) is 8.79. The fourth-order valence-electron chi connectivity index (χ4n) is 3.13. The largest absolute Gasteiger partial charge is 0.378 e. The summed E-state index contributed by atoms with van der Waals surface area (Å²) in [6.45, 7) is 5.63. The molecule has 1 fully saturated rings. The van der Waals surface area contributed by atoms with E-state index in [2.05, 4.69) is 36.3 Å². The second-order valence-electron chi connectivity index (χ2n) is 6.08. The summed E-state index contributed by atoms with van der Waals surface area (Å²) in [6.07, 6.45) is 6.57. The number of nitrogens with one attached hydrogen (secondary N) is 1. The van der Waals surface area contributed by atoms with E-state index in [0.717, 1.165) is 18.7 Å². The van der Waals surface area contributed by atoms with Gasteiger partial charge in [-0.05, 0) is 51.2 Å². The number of benzene rings is 1. The van der Waals surface area contributed by atoms with Crippen LogP contribution in [0.4, 0.5) is 5.69 Å². The maximum atomic E-state index is 5.96. The molecule has 0 saturated heterocycles. The van der Waals surface area contributed by atoms with Crippen molar-refractivity contribution in [3.8, 4) is 0 Å². The number of hydrogen-bond donors (Lipinski definition) is 2. The van der Waals surface area contributed by atoms with E-state index in [1.165, 1.54) is 31.2 Å². The van der Waals surface area contributed by atoms with Gasteiger partial charge in [-0.3, -0.25) is 4.99 Å². The zero-order valence-corrected chi connectivity index (χ0v) is 13.8. The Labute approximate surface area is 134 Å². The monoisotopic (exact) mass is 303 g/mol. The van der Waals surface area contributed by atoms with Crippen LogP contribution in [0.15, 0.2) is 29.3 Å². The molecule has 122 valence electrons. The minimum absolute atomic E-state index is 0.337. The fourth-order valence-corrected chi connectivity index (χ4v) is 3.13. The van der Waals surface area contributed by atoms with E-state index < -0.39 is 0 Å². The highest BCUT2D eigenvalue weighted by Gasteiger charge is 2.24. The number of guanidine groups is 1. The van der Waals surface area contributed by atoms with Gasteiger partial charge in [0.15, 0.2) is 5.96 Å². The standard InChI is InChI=1S/C18H29N3O/c1-3-22-17(15-6-4-5-7-15)12-13-20-18(19)21-16-10-8-14(2)9-11-16/h8-11,15,17H,3-7,12-13H2,1-2H3,(H3,19,20,21). The highest BCUT2D eigenvalue weighted by molar-refractivity contribution is 5.92. The molecule has 1 aromatic rings. The second-order valence-corrected chi connectivity index (χ2v) is 6.08. The smallest absolute Gasteiger partial charge is 0.193 e. The van der Waals surface area contributed by atoms with Crippen molar-refractivity contribution in [2.24, 2.45) is 16.6 Å². The van der Waals surface area contributed by atoms with E-state index in [4.69, 9.17) is 10.5 Å². The third-order valence-corrected chi connectivity index (χ3v) is 4.33. The Balaban J connectivity index is 1.80. The molecule has 4 heteroatoms. The van der Waals surface area contributed by atoms with Gasteiger partial charge in [0, 0.05) is 18.8 Å². The Morgan fingerprint density at radius 2 is 2.00 bits per heavy atom. The van der Waals surface area contributed by atoms with Crippen LogP contribution in [0.5, 0.6) is 0 Å². The third kappa shape index (κ3) is 5.34. The van der Waals surface area contributed by atoms with Crippen LogP contribution in [0.1, 0.15) is 44.6 Å². The first-order chi connectivity index (χ1) is 10.7. The SMILES string of the molecule is CCOC(CCN=C(N)Nc1ccc(C)cc1)C1CCCC1. The van der Waals surface area contributed by atoms with Gasteiger partial charge in [-0.1, -0.05) is 30.5 Å². The number of aryl methyl sites for hydroxylation is 1. The predicted octanol–water partition coefficient (Wildman–Crippen LogP) is 3.71. The lowest BCUT2D eigenvalue weighted by atomic mass is 9.98. The Bertz CT molecular complexity index is 464. The van der Waals surface area contributed by atoms with Crippen molar-refractivity contribution in [2.45, 2.75) is 52.1 Å². The van der Waals surface area contributed by atoms with Crippen LogP contribution in [-0.2, 0) is 4.74 Å². The molecule has 1 aliphatic carbocycles. The number of rotatable bonds is 7. The lowest BCUT2D eigenvalue weighted by Gasteiger charge is -2.22. The zero-order chi connectivity index (χ0) is 15.8. The molecule has 1 aromatic carbocycles. The van der Waals surface area contributed by atoms with Gasteiger partial charge in [0.05, 0.1) is 6.10 Å². The van der Waals surface area contributed by atoms with Crippen molar-refractivity contribution in [3.63, 3.8) is 0 Å². The van der Waals surface area contributed by atoms with Crippen LogP contribution < -0.4 is 11.1 Å². The first-order valence-electron chi connectivity index (χ1n) is 8.44. The summed E-state index contributed by atoms with van der Waals surface area (Å²) in [4.78, 5) is 4.44. The minimum Gasteiger partial charge on any atom is -0.378 e. The van der Waals surface area contributed by atoms with E-state index in [0.29, 0.717) is 24.5 Å². The van der Waals surface area contributed by atoms with Crippen molar-refractivity contribution in [3.05, 3.63) is 29.8 Å². The molecule has 4 nitrogen and oxygen atoms in total. The van der Waals surface area contributed by atoms with Crippen LogP contribution in [0.25, 0.3) is 0 Å². The summed E-state index contributed by atoms with van der Waals surface area (Å²) in [5.41, 5.74) is 8.16. The molecule has 0 aliphatic heterocycles. The number of aliphatic imine (C=N–C) groups is 1. The summed E-state index contributed by atoms with van der Waals surface area (Å²) in [6, 6.07) is 8.14. The number of nitrogens with zero attached hydrogens (tertiary/aromatic N) is 1. The summed E-state index contributed by atoms with van der Waals surface area (Å²) in [5.74, 6) is 1.19. The predicted molar refractivity (Wildman–Crippen MR) is 93.3 cm³/mol. The number of nitrogens with two attached hydrogens (primary N) is 1. The van der Waals surface area contributed by atoms with Gasteiger partial charge < -0.3 is 15.8 Å². The summed E-state index contributed by atoms with van der Waals surface area (Å²) in [7, 11) is 0. The van der Waals surface area contributed by atoms with Gasteiger partial charge in [-0.25, -0.2) is 0 Å². The van der Waals surface area contributed by atoms with Crippen molar-refractivity contribution in [1.29, 1.82) is 0 Å². The van der Waals surface area contributed by atoms with Gasteiger partial charge in [0.25, 0.3) is 0 Å². The normalized spacial score (nSPS) is 17.6. The van der Waals surface area contributed by atoms with Crippen LogP contribution in [0, 0.1) is 12.8 Å². The molecule has 1 unspecified atom stereocenters. The Kier molecular flexibility index (Phi) is 6.72. The van der Waals surface area contributed by atoms with Gasteiger partial charge in [-0.15, -0.1) is 0 Å². The molecule has 22 heavy (non-hydrogen) atoms. The summed E-state index contributed by atoms with van der Waals surface area (Å²) >= 11 is 0. The molecule has 0 spiro atoms. The molecule has 0 heterocycles. The molecule has 2 rings (SSSR count). The van der Waals surface area contributed by atoms with Crippen molar-refractivity contribution in [1.82, 2.24) is 0 Å². The fraction of sp³-hybridized carbons (Fsp3) is 0.611. The molecular formula is C18H29N3O. The summed E-state index contributed by atoms with van der Waals surface area (Å²) in [5, 5.41) is 3.13. The molecule has 1 aliphatic rings. The topological polar surface area (TPSA) is 59.6 Å². The van der Waals surface area contributed by atoms with E-state index in [1.54, 1.807) is 0 Å². The van der Waals surface area contributed by atoms with Gasteiger partial charge >= 0.3 is 0 Å². The molecule has 1 saturated carbocycles. The first-order valence-corrected chi connectivity index (χ1v) is 8.44. The van der Waals surface area contributed by atoms with Gasteiger partial charge in [0.1, 0.15) is 0 Å². The Morgan fingerprint density at radius 3 is 2.64 bits per heavy atom. The lowest BCUT2D eigenvalue weighted by molar-refractivity contribution is 0.0178. The highest BCUT2D eigenvalue weighted by atomic mass is 16.5. The van der Waals surface area contributed by atoms with E-state index in [-0.39, 0.29) is 0 Å². The van der Waals surface area contributed by atoms with Crippen molar-refractivity contribution < 1.29 is 4.74 Å².